The summed E-state index contributed by atoms with van der Waals surface area (Å²) in [5.74, 6) is 0.963. The first kappa shape index (κ1) is 22.1. The predicted molar refractivity (Wildman–Crippen MR) is 115 cm³/mol. The van der Waals surface area contributed by atoms with Crippen molar-refractivity contribution in [3.8, 4) is 11.5 Å². The summed E-state index contributed by atoms with van der Waals surface area (Å²) in [4.78, 5) is 22.8. The van der Waals surface area contributed by atoms with Gasteiger partial charge in [0.1, 0.15) is 11.5 Å². The van der Waals surface area contributed by atoms with Crippen molar-refractivity contribution in [3.63, 3.8) is 0 Å². The maximum Gasteiger partial charge on any atom is 0.273 e. The molecule has 0 aliphatic carbocycles. The molecule has 2 rings (SSSR count). The van der Waals surface area contributed by atoms with E-state index in [9.17, 15) is 14.9 Å². The van der Waals surface area contributed by atoms with Crippen LogP contribution < -0.4 is 20.1 Å². The number of carbonyl (C=O) groups is 1. The number of nitro benzene ring substituents is 1. The molecule has 2 aromatic rings. The lowest BCUT2D eigenvalue weighted by atomic mass is 10.1. The van der Waals surface area contributed by atoms with Crippen molar-refractivity contribution in [2.24, 2.45) is 5.92 Å². The number of hydrogen-bond donors (Lipinski definition) is 2. The summed E-state index contributed by atoms with van der Waals surface area (Å²) in [7, 11) is 1.39. The number of nitro groups is 1. The molecule has 0 atom stereocenters. The summed E-state index contributed by atoms with van der Waals surface area (Å²) < 4.78 is 10.8. The van der Waals surface area contributed by atoms with Gasteiger partial charge in [0, 0.05) is 11.6 Å². The highest BCUT2D eigenvalue weighted by molar-refractivity contribution is 7.80. The molecule has 9 heteroatoms. The number of anilines is 1. The molecule has 154 valence electrons. The van der Waals surface area contributed by atoms with Crippen LogP contribution in [-0.2, 0) is 0 Å². The van der Waals surface area contributed by atoms with Crippen molar-refractivity contribution in [2.75, 3.05) is 19.0 Å². The van der Waals surface area contributed by atoms with Gasteiger partial charge in [-0.05, 0) is 48.8 Å². The Bertz CT molecular complexity index is 901. The number of nitrogens with zero attached hydrogens (tertiary/aromatic N) is 1. The molecule has 0 aliphatic heterocycles. The number of methoxy groups -OCH3 is 1. The van der Waals surface area contributed by atoms with Crippen molar-refractivity contribution in [1.29, 1.82) is 0 Å². The van der Waals surface area contributed by atoms with E-state index in [1.807, 2.05) is 0 Å². The van der Waals surface area contributed by atoms with Gasteiger partial charge < -0.3 is 14.8 Å². The molecule has 0 aromatic heterocycles. The second kappa shape index (κ2) is 10.4. The Morgan fingerprint density at radius 3 is 2.66 bits per heavy atom. The molecule has 0 unspecified atom stereocenters. The SMILES string of the molecule is COc1cc([N+](=O)[O-])ccc1NC(=S)NC(=O)c1cccc(OCCC(C)C)c1. The van der Waals surface area contributed by atoms with Crippen LogP contribution in [0, 0.1) is 16.0 Å². The number of thiocarbonyl (C=S) groups is 1. The highest BCUT2D eigenvalue weighted by Crippen LogP contribution is 2.28. The van der Waals surface area contributed by atoms with Gasteiger partial charge in [-0.1, -0.05) is 19.9 Å². The lowest BCUT2D eigenvalue weighted by molar-refractivity contribution is -0.384. The van der Waals surface area contributed by atoms with Crippen molar-refractivity contribution in [3.05, 3.63) is 58.1 Å². The summed E-state index contributed by atoms with van der Waals surface area (Å²) in [5.41, 5.74) is 0.678. The topological polar surface area (TPSA) is 103 Å². The van der Waals surface area contributed by atoms with Crippen LogP contribution in [0.1, 0.15) is 30.6 Å². The second-order valence-corrected chi connectivity index (χ2v) is 7.02. The summed E-state index contributed by atoms with van der Waals surface area (Å²) in [5, 5.41) is 16.3. The van der Waals surface area contributed by atoms with Crippen LogP contribution in [0.4, 0.5) is 11.4 Å². The third-order valence-corrected chi connectivity index (χ3v) is 4.14. The number of non-ortho nitro benzene ring substituents is 1. The van der Waals surface area contributed by atoms with E-state index in [0.29, 0.717) is 29.5 Å². The molecule has 29 heavy (non-hydrogen) atoms. The van der Waals surface area contributed by atoms with Crippen molar-refractivity contribution < 1.29 is 19.2 Å². The fourth-order valence-corrected chi connectivity index (χ4v) is 2.57. The van der Waals surface area contributed by atoms with Crippen LogP contribution in [0.15, 0.2) is 42.5 Å². The van der Waals surface area contributed by atoms with Gasteiger partial charge in [-0.3, -0.25) is 20.2 Å². The molecular formula is C20H23N3O5S. The van der Waals surface area contributed by atoms with E-state index >= 15 is 0 Å². The Hall–Kier alpha value is -3.20. The van der Waals surface area contributed by atoms with E-state index in [4.69, 9.17) is 21.7 Å². The zero-order chi connectivity index (χ0) is 21.4. The average molecular weight is 417 g/mol. The largest absolute Gasteiger partial charge is 0.494 e. The Kier molecular flexibility index (Phi) is 7.90. The lowest BCUT2D eigenvalue weighted by Crippen LogP contribution is -2.34. The van der Waals surface area contributed by atoms with Crippen molar-refractivity contribution in [2.45, 2.75) is 20.3 Å². The molecule has 1 amide bonds. The highest BCUT2D eigenvalue weighted by atomic mass is 32.1. The molecule has 0 heterocycles. The van der Waals surface area contributed by atoms with E-state index in [-0.39, 0.29) is 16.5 Å². The van der Waals surface area contributed by atoms with Crippen LogP contribution in [0.5, 0.6) is 11.5 Å². The maximum absolute atomic E-state index is 12.5. The van der Waals surface area contributed by atoms with E-state index in [0.717, 1.165) is 6.42 Å². The first-order valence-corrected chi connectivity index (χ1v) is 9.38. The summed E-state index contributed by atoms with van der Waals surface area (Å²) in [6, 6.07) is 10.9. The Labute approximate surface area is 174 Å². The standard InChI is InChI=1S/C20H23N3O5S/c1-13(2)9-10-28-16-6-4-5-14(11-16)19(24)22-20(29)21-17-8-7-15(23(25)26)12-18(17)27-3/h4-8,11-13H,9-10H2,1-3H3,(H2,21,22,24,29). The zero-order valence-electron chi connectivity index (χ0n) is 16.4. The molecule has 0 saturated carbocycles. The average Bonchev–Trinajstić information content (AvgIpc) is 2.68. The Balaban J connectivity index is 2.00. The number of benzene rings is 2. The predicted octanol–water partition coefficient (Wildman–Crippen LogP) is 4.16. The molecule has 0 fully saturated rings. The fourth-order valence-electron chi connectivity index (χ4n) is 2.37. The van der Waals surface area contributed by atoms with Gasteiger partial charge in [0.2, 0.25) is 0 Å². The minimum Gasteiger partial charge on any atom is -0.494 e. The smallest absolute Gasteiger partial charge is 0.273 e. The number of hydrogen-bond acceptors (Lipinski definition) is 6. The van der Waals surface area contributed by atoms with Crippen LogP contribution in [0.2, 0.25) is 0 Å². The zero-order valence-corrected chi connectivity index (χ0v) is 17.2. The number of nitrogens with one attached hydrogen (secondary N) is 2. The first-order valence-electron chi connectivity index (χ1n) is 8.97. The van der Waals surface area contributed by atoms with Gasteiger partial charge in [-0.2, -0.15) is 0 Å². The van der Waals surface area contributed by atoms with Gasteiger partial charge in [-0.15, -0.1) is 0 Å². The van der Waals surface area contributed by atoms with Gasteiger partial charge in [0.25, 0.3) is 11.6 Å². The number of rotatable bonds is 8. The third kappa shape index (κ3) is 6.72. The molecule has 2 aromatic carbocycles. The van der Waals surface area contributed by atoms with Crippen molar-refractivity contribution in [1.82, 2.24) is 5.32 Å². The molecule has 2 N–H and O–H groups in total. The summed E-state index contributed by atoms with van der Waals surface area (Å²) >= 11 is 5.17. The number of carbonyl (C=O) groups excluding carboxylic acids is 1. The number of ether oxygens (including phenoxy) is 2. The van der Waals surface area contributed by atoms with E-state index < -0.39 is 10.8 Å². The third-order valence-electron chi connectivity index (χ3n) is 3.93. The molecule has 8 nitrogen and oxygen atoms in total. The van der Waals surface area contributed by atoms with Crippen LogP contribution >= 0.6 is 12.2 Å². The molecule has 0 spiro atoms. The molecule has 0 aliphatic rings. The normalized spacial score (nSPS) is 10.3. The van der Waals surface area contributed by atoms with Crippen molar-refractivity contribution >= 4 is 34.6 Å². The summed E-state index contributed by atoms with van der Waals surface area (Å²) in [6.07, 6.45) is 0.918. The monoisotopic (exact) mass is 417 g/mol. The minimum atomic E-state index is -0.525. The Morgan fingerprint density at radius 1 is 1.24 bits per heavy atom. The van der Waals surface area contributed by atoms with Gasteiger partial charge >= 0.3 is 0 Å². The van der Waals surface area contributed by atoms with Gasteiger partial charge in [0.05, 0.1) is 30.4 Å². The van der Waals surface area contributed by atoms with Gasteiger partial charge in [0.15, 0.2) is 5.11 Å². The quantitative estimate of drug-likeness (QED) is 0.378. The second-order valence-electron chi connectivity index (χ2n) is 6.61. The van der Waals surface area contributed by atoms with Crippen LogP contribution in [-0.4, -0.2) is 29.7 Å². The Morgan fingerprint density at radius 2 is 2.00 bits per heavy atom. The number of amides is 1. The summed E-state index contributed by atoms with van der Waals surface area (Å²) in [6.45, 7) is 4.80. The lowest BCUT2D eigenvalue weighted by Gasteiger charge is -2.13. The first-order chi connectivity index (χ1) is 13.8. The highest BCUT2D eigenvalue weighted by Gasteiger charge is 2.14. The van der Waals surface area contributed by atoms with E-state index in [1.54, 1.807) is 24.3 Å². The van der Waals surface area contributed by atoms with Crippen LogP contribution in [0.3, 0.4) is 0 Å². The minimum absolute atomic E-state index is 0.0354. The van der Waals surface area contributed by atoms with E-state index in [2.05, 4.69) is 24.5 Å². The maximum atomic E-state index is 12.5. The molecule has 0 radical (unpaired) electrons. The van der Waals surface area contributed by atoms with E-state index in [1.165, 1.54) is 25.3 Å². The molecular weight excluding hydrogens is 394 g/mol. The van der Waals surface area contributed by atoms with Crippen LogP contribution in [0.25, 0.3) is 0 Å². The molecule has 0 bridgehead atoms. The molecule has 0 saturated heterocycles. The fraction of sp³-hybridized carbons (Fsp3) is 0.300. The van der Waals surface area contributed by atoms with Gasteiger partial charge in [-0.25, -0.2) is 0 Å².